The number of hydrogen-bond donors (Lipinski definition) is 0. The second-order valence-electron chi connectivity index (χ2n) is 6.70. The number of nitrogens with zero attached hydrogens (tertiary/aromatic N) is 4. The molecule has 1 radical (unpaired) electrons. The first-order valence-corrected chi connectivity index (χ1v) is 8.87. The van der Waals surface area contributed by atoms with Gasteiger partial charge in [0, 0.05) is 34.8 Å². The number of aromatic nitrogens is 4. The van der Waals surface area contributed by atoms with Crippen LogP contribution in [0.15, 0.2) is 54.7 Å². The number of ether oxygens (including phenoxy) is 1. The van der Waals surface area contributed by atoms with Crippen molar-refractivity contribution in [3.63, 3.8) is 0 Å². The largest absolute Gasteiger partial charge is 0.497 e. The van der Waals surface area contributed by atoms with Gasteiger partial charge in [-0.2, -0.15) is 0 Å². The van der Waals surface area contributed by atoms with Gasteiger partial charge in [0.05, 0.1) is 19.3 Å². The number of rotatable bonds is 3. The molecule has 5 heteroatoms. The molecule has 26 heavy (non-hydrogen) atoms. The molecule has 1 aliphatic heterocycles. The summed E-state index contributed by atoms with van der Waals surface area (Å²) < 4.78 is 9.60. The predicted molar refractivity (Wildman–Crippen MR) is 100 cm³/mol. The van der Waals surface area contributed by atoms with Crippen molar-refractivity contribution in [3.05, 3.63) is 66.5 Å². The van der Waals surface area contributed by atoms with Crippen LogP contribution in [-0.4, -0.2) is 26.7 Å². The maximum absolute atomic E-state index is 5.22. The Morgan fingerprint density at radius 2 is 1.96 bits per heavy atom. The molecule has 2 aromatic heterocycles. The second-order valence-corrected chi connectivity index (χ2v) is 6.70. The first-order valence-electron chi connectivity index (χ1n) is 8.87. The zero-order chi connectivity index (χ0) is 17.5. The molecule has 1 aliphatic rings. The van der Waals surface area contributed by atoms with Crippen LogP contribution in [0.4, 0.5) is 0 Å². The summed E-state index contributed by atoms with van der Waals surface area (Å²) in [5.74, 6) is 0.844. The maximum Gasteiger partial charge on any atom is 0.118 e. The molecule has 0 aliphatic carbocycles. The van der Waals surface area contributed by atoms with Crippen molar-refractivity contribution in [1.82, 2.24) is 19.6 Å². The second kappa shape index (κ2) is 6.02. The van der Waals surface area contributed by atoms with E-state index in [2.05, 4.69) is 45.2 Å². The molecule has 0 saturated heterocycles. The van der Waals surface area contributed by atoms with Gasteiger partial charge in [0.1, 0.15) is 11.4 Å². The van der Waals surface area contributed by atoms with Gasteiger partial charge in [-0.15, -0.1) is 5.10 Å². The minimum atomic E-state index is 0.311. The molecule has 1 atom stereocenters. The van der Waals surface area contributed by atoms with E-state index in [4.69, 9.17) is 4.74 Å². The Bertz CT molecular complexity index is 1060. The molecule has 0 spiro atoms. The SMILES string of the molecule is COc1ccc(-c2cn(C3CCc4[c]c5ccccc5n4C3)nn2)cc1. The van der Waals surface area contributed by atoms with Crippen LogP contribution in [0.5, 0.6) is 5.75 Å². The van der Waals surface area contributed by atoms with Crippen molar-refractivity contribution in [1.29, 1.82) is 0 Å². The molecule has 3 heterocycles. The number of benzene rings is 2. The lowest BCUT2D eigenvalue weighted by atomic mass is 10.1. The van der Waals surface area contributed by atoms with Crippen LogP contribution >= 0.6 is 0 Å². The van der Waals surface area contributed by atoms with Crippen molar-refractivity contribution in [2.45, 2.75) is 25.4 Å². The zero-order valence-corrected chi connectivity index (χ0v) is 14.6. The van der Waals surface area contributed by atoms with Crippen molar-refractivity contribution in [2.75, 3.05) is 7.11 Å². The zero-order valence-electron chi connectivity index (χ0n) is 14.6. The van der Waals surface area contributed by atoms with Crippen molar-refractivity contribution in [3.8, 4) is 17.0 Å². The fraction of sp³-hybridized carbons (Fsp3) is 0.238. The molecule has 0 saturated carbocycles. The Hall–Kier alpha value is -3.08. The molecule has 4 aromatic rings. The Kier molecular flexibility index (Phi) is 3.52. The van der Waals surface area contributed by atoms with Crippen molar-refractivity contribution >= 4 is 10.9 Å². The van der Waals surface area contributed by atoms with E-state index >= 15 is 0 Å². The third-order valence-electron chi connectivity index (χ3n) is 5.18. The number of hydrogen-bond acceptors (Lipinski definition) is 3. The lowest BCUT2D eigenvalue weighted by Gasteiger charge is -2.25. The summed E-state index contributed by atoms with van der Waals surface area (Å²) in [5.41, 5.74) is 4.48. The smallest absolute Gasteiger partial charge is 0.118 e. The van der Waals surface area contributed by atoms with E-state index in [0.717, 1.165) is 36.4 Å². The highest BCUT2D eigenvalue weighted by Gasteiger charge is 2.23. The molecule has 129 valence electrons. The Morgan fingerprint density at radius 1 is 1.12 bits per heavy atom. The average molecular weight is 343 g/mol. The molecule has 0 N–H and O–H groups in total. The first kappa shape index (κ1) is 15.2. The van der Waals surface area contributed by atoms with Gasteiger partial charge < -0.3 is 9.30 Å². The Balaban J connectivity index is 1.43. The highest BCUT2D eigenvalue weighted by Crippen LogP contribution is 2.30. The van der Waals surface area contributed by atoms with E-state index in [0.29, 0.717) is 6.04 Å². The van der Waals surface area contributed by atoms with Gasteiger partial charge in [-0.1, -0.05) is 23.4 Å². The van der Waals surface area contributed by atoms with Crippen LogP contribution in [0.1, 0.15) is 18.2 Å². The van der Waals surface area contributed by atoms with Gasteiger partial charge in [-0.05, 0) is 43.2 Å². The monoisotopic (exact) mass is 343 g/mol. The van der Waals surface area contributed by atoms with E-state index in [1.807, 2.05) is 35.1 Å². The summed E-state index contributed by atoms with van der Waals surface area (Å²) in [6, 6.07) is 20.2. The van der Waals surface area contributed by atoms with E-state index in [1.165, 1.54) is 16.6 Å². The molecule has 0 fully saturated rings. The van der Waals surface area contributed by atoms with Crippen LogP contribution in [0.3, 0.4) is 0 Å². The quantitative estimate of drug-likeness (QED) is 0.567. The lowest BCUT2D eigenvalue weighted by molar-refractivity contribution is 0.337. The van der Waals surface area contributed by atoms with Gasteiger partial charge in [-0.3, -0.25) is 0 Å². The minimum Gasteiger partial charge on any atom is -0.497 e. The Morgan fingerprint density at radius 3 is 2.81 bits per heavy atom. The minimum absolute atomic E-state index is 0.311. The van der Waals surface area contributed by atoms with Crippen molar-refractivity contribution in [2.24, 2.45) is 0 Å². The topological polar surface area (TPSA) is 44.9 Å². The van der Waals surface area contributed by atoms with E-state index in [9.17, 15) is 0 Å². The van der Waals surface area contributed by atoms with Gasteiger partial charge in [0.25, 0.3) is 0 Å². The first-order chi connectivity index (χ1) is 12.8. The predicted octanol–water partition coefficient (Wildman–Crippen LogP) is 3.90. The maximum atomic E-state index is 5.22. The summed E-state index contributed by atoms with van der Waals surface area (Å²) in [4.78, 5) is 0. The molecule has 5 rings (SSSR count). The molecule has 0 amide bonds. The third-order valence-corrected chi connectivity index (χ3v) is 5.18. The van der Waals surface area contributed by atoms with Gasteiger partial charge >= 0.3 is 0 Å². The van der Waals surface area contributed by atoms with E-state index < -0.39 is 0 Å². The van der Waals surface area contributed by atoms with Crippen LogP contribution < -0.4 is 4.74 Å². The number of aryl methyl sites for hydroxylation is 1. The fourth-order valence-corrected chi connectivity index (χ4v) is 3.76. The standard InChI is InChI=1S/C21H19N4O/c1-26-19-10-6-15(7-11-19)20-14-25(23-22-20)18-9-8-17-12-16-4-2-3-5-21(16)24(17)13-18/h2-7,10-11,14,18H,8-9,13H2,1H3. The van der Waals surface area contributed by atoms with Crippen LogP contribution in [0.2, 0.25) is 0 Å². The fourth-order valence-electron chi connectivity index (χ4n) is 3.76. The van der Waals surface area contributed by atoms with E-state index in [-0.39, 0.29) is 0 Å². The number of fused-ring (bicyclic) bond motifs is 3. The summed E-state index contributed by atoms with van der Waals surface area (Å²) in [7, 11) is 1.67. The molecule has 0 bridgehead atoms. The molecular formula is C21H19N4O. The van der Waals surface area contributed by atoms with Gasteiger partial charge in [0.2, 0.25) is 0 Å². The number of methoxy groups -OCH3 is 1. The molecule has 2 aromatic carbocycles. The number of para-hydroxylation sites is 1. The van der Waals surface area contributed by atoms with Crippen LogP contribution in [0, 0.1) is 6.07 Å². The molecule has 5 nitrogen and oxygen atoms in total. The highest BCUT2D eigenvalue weighted by molar-refractivity contribution is 5.80. The van der Waals surface area contributed by atoms with Crippen LogP contribution in [0.25, 0.3) is 22.2 Å². The van der Waals surface area contributed by atoms with Gasteiger partial charge in [0.15, 0.2) is 0 Å². The molecule has 1 unspecified atom stereocenters. The van der Waals surface area contributed by atoms with Crippen molar-refractivity contribution < 1.29 is 4.74 Å². The Labute approximate surface area is 151 Å². The normalized spacial score (nSPS) is 16.6. The average Bonchev–Trinajstić information content (AvgIpc) is 3.32. The van der Waals surface area contributed by atoms with E-state index in [1.54, 1.807) is 7.11 Å². The summed E-state index contributed by atoms with van der Waals surface area (Å²) in [6.45, 7) is 0.907. The van der Waals surface area contributed by atoms with Gasteiger partial charge in [-0.25, -0.2) is 4.68 Å². The van der Waals surface area contributed by atoms with Crippen LogP contribution in [-0.2, 0) is 13.0 Å². The summed E-state index contributed by atoms with van der Waals surface area (Å²) >= 11 is 0. The summed E-state index contributed by atoms with van der Waals surface area (Å²) in [6.07, 6.45) is 4.11. The highest BCUT2D eigenvalue weighted by atomic mass is 16.5. The third kappa shape index (κ3) is 2.47. The lowest BCUT2D eigenvalue weighted by Crippen LogP contribution is -2.23. The summed E-state index contributed by atoms with van der Waals surface area (Å²) in [5, 5.41) is 9.98. The molecular weight excluding hydrogens is 324 g/mol.